The van der Waals surface area contributed by atoms with Gasteiger partial charge < -0.3 is 5.73 Å². The number of anilines is 2. The summed E-state index contributed by atoms with van der Waals surface area (Å²) in [6.45, 7) is 5.04. The molecule has 1 rings (SSSR count). The van der Waals surface area contributed by atoms with Crippen molar-refractivity contribution < 1.29 is 8.42 Å². The van der Waals surface area contributed by atoms with Crippen molar-refractivity contribution in [2.24, 2.45) is 0 Å². The van der Waals surface area contributed by atoms with Gasteiger partial charge in [0.1, 0.15) is 0 Å². The van der Waals surface area contributed by atoms with Gasteiger partial charge in [0.05, 0.1) is 16.6 Å². The second-order valence-corrected chi connectivity index (χ2v) is 7.04. The summed E-state index contributed by atoms with van der Waals surface area (Å²) in [7, 11) is -3.35. The van der Waals surface area contributed by atoms with Crippen LogP contribution in [0.4, 0.5) is 11.4 Å². The Labute approximate surface area is 104 Å². The van der Waals surface area contributed by atoms with Gasteiger partial charge in [-0.1, -0.05) is 15.9 Å². The minimum absolute atomic E-state index is 0.413. The van der Waals surface area contributed by atoms with E-state index in [-0.39, 0.29) is 0 Å². The third kappa shape index (κ3) is 2.89. The smallest absolute Gasteiger partial charge is 0.235 e. The van der Waals surface area contributed by atoms with E-state index in [9.17, 15) is 8.42 Å². The Morgan fingerprint density at radius 2 is 1.94 bits per heavy atom. The first kappa shape index (κ1) is 13.3. The van der Waals surface area contributed by atoms with Gasteiger partial charge in [0.2, 0.25) is 10.0 Å². The average Bonchev–Trinajstić information content (AvgIpc) is 2.11. The fraction of sp³-hybridized carbons (Fsp3) is 0.400. The quantitative estimate of drug-likeness (QED) is 0.843. The van der Waals surface area contributed by atoms with Crippen molar-refractivity contribution in [1.82, 2.24) is 0 Å². The van der Waals surface area contributed by atoms with Crippen molar-refractivity contribution in [2.75, 3.05) is 10.5 Å². The van der Waals surface area contributed by atoms with Gasteiger partial charge in [-0.25, -0.2) is 8.42 Å². The summed E-state index contributed by atoms with van der Waals surface area (Å²) in [5.74, 6) is 0. The molecule has 0 aliphatic rings. The van der Waals surface area contributed by atoms with Gasteiger partial charge >= 0.3 is 0 Å². The lowest BCUT2D eigenvalue weighted by Crippen LogP contribution is -2.23. The Hall–Kier alpha value is -0.750. The van der Waals surface area contributed by atoms with Gasteiger partial charge in [0.15, 0.2) is 0 Å². The maximum absolute atomic E-state index is 11.7. The van der Waals surface area contributed by atoms with Crippen LogP contribution in [0.3, 0.4) is 0 Å². The molecule has 3 N–H and O–H groups in total. The topological polar surface area (TPSA) is 72.2 Å². The maximum atomic E-state index is 11.7. The zero-order valence-corrected chi connectivity index (χ0v) is 11.8. The average molecular weight is 307 g/mol. The molecule has 0 aromatic heterocycles. The molecule has 0 heterocycles. The van der Waals surface area contributed by atoms with E-state index in [1.807, 2.05) is 6.07 Å². The van der Waals surface area contributed by atoms with Crippen molar-refractivity contribution in [3.63, 3.8) is 0 Å². The Kier molecular flexibility index (Phi) is 3.85. The van der Waals surface area contributed by atoms with Crippen LogP contribution in [0.1, 0.15) is 19.4 Å². The van der Waals surface area contributed by atoms with E-state index >= 15 is 0 Å². The van der Waals surface area contributed by atoms with Gasteiger partial charge in [0.25, 0.3) is 0 Å². The van der Waals surface area contributed by atoms with Crippen LogP contribution in [-0.4, -0.2) is 13.7 Å². The molecule has 4 nitrogen and oxygen atoms in total. The highest BCUT2D eigenvalue weighted by Crippen LogP contribution is 2.29. The number of aryl methyl sites for hydroxylation is 1. The van der Waals surface area contributed by atoms with Crippen molar-refractivity contribution in [2.45, 2.75) is 26.0 Å². The highest BCUT2D eigenvalue weighted by Gasteiger charge is 2.18. The number of halogens is 1. The van der Waals surface area contributed by atoms with E-state index in [1.165, 1.54) is 0 Å². The molecule has 0 unspecified atom stereocenters. The van der Waals surface area contributed by atoms with E-state index in [0.29, 0.717) is 11.4 Å². The van der Waals surface area contributed by atoms with Crippen molar-refractivity contribution in [3.8, 4) is 0 Å². The molecule has 0 bridgehead atoms. The molecular formula is C10H15BrN2O2S. The molecule has 0 saturated carbocycles. The molecule has 0 spiro atoms. The highest BCUT2D eigenvalue weighted by atomic mass is 79.9. The molecule has 16 heavy (non-hydrogen) atoms. The molecule has 0 fully saturated rings. The number of nitrogens with one attached hydrogen (secondary N) is 1. The first-order valence-electron chi connectivity index (χ1n) is 4.81. The molecule has 0 aliphatic heterocycles. The molecule has 0 aliphatic carbocycles. The zero-order chi connectivity index (χ0) is 12.5. The van der Waals surface area contributed by atoms with Crippen LogP contribution >= 0.6 is 15.9 Å². The number of hydrogen-bond donors (Lipinski definition) is 2. The third-order valence-electron chi connectivity index (χ3n) is 2.20. The van der Waals surface area contributed by atoms with Crippen molar-refractivity contribution in [3.05, 3.63) is 22.2 Å². The van der Waals surface area contributed by atoms with Gasteiger partial charge in [0, 0.05) is 4.47 Å². The molecule has 1 aromatic carbocycles. The summed E-state index contributed by atoms with van der Waals surface area (Å²) in [6, 6.07) is 3.49. The first-order chi connectivity index (χ1) is 7.24. The molecule has 0 atom stereocenters. The Morgan fingerprint density at radius 1 is 1.38 bits per heavy atom. The predicted molar refractivity (Wildman–Crippen MR) is 71.0 cm³/mol. The molecular weight excluding hydrogens is 292 g/mol. The van der Waals surface area contributed by atoms with E-state index in [1.54, 1.807) is 26.8 Å². The van der Waals surface area contributed by atoms with Crippen LogP contribution in [0.25, 0.3) is 0 Å². The van der Waals surface area contributed by atoms with Crippen LogP contribution in [0.2, 0.25) is 0 Å². The molecule has 1 aromatic rings. The molecule has 0 radical (unpaired) electrons. The second kappa shape index (κ2) is 4.63. The van der Waals surface area contributed by atoms with Crippen LogP contribution in [0.5, 0.6) is 0 Å². The Morgan fingerprint density at radius 3 is 2.38 bits per heavy atom. The fourth-order valence-electron chi connectivity index (χ4n) is 1.17. The third-order valence-corrected chi connectivity index (χ3v) is 4.38. The second-order valence-electron chi connectivity index (χ2n) is 3.88. The molecule has 90 valence electrons. The number of hydrogen-bond acceptors (Lipinski definition) is 3. The molecule has 6 heteroatoms. The zero-order valence-electron chi connectivity index (χ0n) is 9.41. The minimum Gasteiger partial charge on any atom is -0.397 e. The van der Waals surface area contributed by atoms with E-state index in [0.717, 1.165) is 10.0 Å². The highest BCUT2D eigenvalue weighted by molar-refractivity contribution is 9.10. The van der Waals surface area contributed by atoms with Crippen molar-refractivity contribution >= 4 is 37.3 Å². The number of rotatable bonds is 3. The normalized spacial score (nSPS) is 11.8. The lowest BCUT2D eigenvalue weighted by atomic mass is 10.2. The van der Waals surface area contributed by atoms with Crippen molar-refractivity contribution in [1.29, 1.82) is 0 Å². The number of nitrogens with two attached hydrogens (primary N) is 1. The summed E-state index contributed by atoms with van der Waals surface area (Å²) in [4.78, 5) is 0. The van der Waals surface area contributed by atoms with E-state index in [4.69, 9.17) is 5.73 Å². The molecule has 0 amide bonds. The van der Waals surface area contributed by atoms with Gasteiger partial charge in [-0.15, -0.1) is 0 Å². The summed E-state index contributed by atoms with van der Waals surface area (Å²) in [6.07, 6.45) is 0. The Balaban J connectivity index is 3.17. The number of sulfonamides is 1. The van der Waals surface area contributed by atoms with Gasteiger partial charge in [-0.3, -0.25) is 4.72 Å². The first-order valence-corrected chi connectivity index (χ1v) is 7.15. The number of nitrogen functional groups attached to an aromatic ring is 1. The van der Waals surface area contributed by atoms with Crippen LogP contribution < -0.4 is 10.5 Å². The van der Waals surface area contributed by atoms with Crippen LogP contribution in [0, 0.1) is 6.92 Å². The summed E-state index contributed by atoms with van der Waals surface area (Å²) < 4.78 is 26.8. The van der Waals surface area contributed by atoms with Gasteiger partial charge in [-0.2, -0.15) is 0 Å². The predicted octanol–water partition coefficient (Wildman–Crippen LogP) is 2.49. The summed E-state index contributed by atoms with van der Waals surface area (Å²) >= 11 is 3.30. The lowest BCUT2D eigenvalue weighted by molar-refractivity contribution is 0.592. The Bertz CT molecular complexity index is 475. The van der Waals surface area contributed by atoms with Crippen LogP contribution in [0.15, 0.2) is 16.6 Å². The van der Waals surface area contributed by atoms with Crippen LogP contribution in [-0.2, 0) is 10.0 Å². The van der Waals surface area contributed by atoms with Gasteiger partial charge in [-0.05, 0) is 38.5 Å². The lowest BCUT2D eigenvalue weighted by Gasteiger charge is -2.15. The monoisotopic (exact) mass is 306 g/mol. The van der Waals surface area contributed by atoms with E-state index < -0.39 is 15.3 Å². The summed E-state index contributed by atoms with van der Waals surface area (Å²) in [5, 5.41) is -0.491. The largest absolute Gasteiger partial charge is 0.397 e. The fourth-order valence-corrected chi connectivity index (χ4v) is 2.56. The minimum atomic E-state index is -3.35. The SMILES string of the molecule is Cc1cc(Br)cc(N)c1NS(=O)(=O)C(C)C. The molecule has 0 saturated heterocycles. The maximum Gasteiger partial charge on any atom is 0.235 e. The number of benzene rings is 1. The summed E-state index contributed by atoms with van der Waals surface area (Å²) in [5.41, 5.74) is 7.43. The van der Waals surface area contributed by atoms with E-state index in [2.05, 4.69) is 20.7 Å². The standard InChI is InChI=1S/C10H15BrN2O2S/c1-6(2)16(14,15)13-10-7(3)4-8(11)5-9(10)12/h4-6,13H,12H2,1-3H3.